The number of hydrogen-bond acceptors (Lipinski definition) is 9. The largest absolute Gasteiger partial charge is 0.419 e. The SMILES string of the molecule is CNCc1ccc(C(=N)OC(=N)c2cncc(-c3ccc(S(=O)(=O)C4CCOCC4)cc3)n2)cc1. The first kappa shape index (κ1) is 24.6. The highest BCUT2D eigenvalue weighted by Crippen LogP contribution is 2.26. The minimum Gasteiger partial charge on any atom is -0.419 e. The molecule has 182 valence electrons. The normalized spacial score (nSPS) is 14.4. The molecule has 0 radical (unpaired) electrons. The van der Waals surface area contributed by atoms with Gasteiger partial charge in [-0.2, -0.15) is 0 Å². The molecule has 2 heterocycles. The van der Waals surface area contributed by atoms with Crippen molar-refractivity contribution in [1.82, 2.24) is 15.3 Å². The fourth-order valence-corrected chi connectivity index (χ4v) is 5.51. The Bertz CT molecular complexity index is 1300. The van der Waals surface area contributed by atoms with E-state index in [0.717, 1.165) is 12.1 Å². The van der Waals surface area contributed by atoms with E-state index in [0.29, 0.717) is 42.9 Å². The van der Waals surface area contributed by atoms with Crippen LogP contribution in [0.2, 0.25) is 0 Å². The minimum atomic E-state index is -3.43. The average molecular weight is 494 g/mol. The Kier molecular flexibility index (Phi) is 7.64. The van der Waals surface area contributed by atoms with Crippen LogP contribution in [0, 0.1) is 10.8 Å². The Balaban J connectivity index is 1.46. The van der Waals surface area contributed by atoms with Crippen LogP contribution in [0.1, 0.15) is 29.7 Å². The van der Waals surface area contributed by atoms with Crippen molar-refractivity contribution in [3.05, 3.63) is 77.7 Å². The van der Waals surface area contributed by atoms with E-state index in [1.165, 1.54) is 12.4 Å². The van der Waals surface area contributed by atoms with Crippen molar-refractivity contribution in [3.63, 3.8) is 0 Å². The van der Waals surface area contributed by atoms with Crippen molar-refractivity contribution in [1.29, 1.82) is 10.8 Å². The first-order valence-corrected chi connectivity index (χ1v) is 12.8. The van der Waals surface area contributed by atoms with Gasteiger partial charge in [-0.05, 0) is 49.7 Å². The molecule has 4 rings (SSSR count). The molecule has 0 aliphatic carbocycles. The van der Waals surface area contributed by atoms with Crippen molar-refractivity contribution in [3.8, 4) is 11.3 Å². The van der Waals surface area contributed by atoms with Crippen LogP contribution in [0.4, 0.5) is 0 Å². The second-order valence-electron chi connectivity index (χ2n) is 8.16. The molecule has 0 spiro atoms. The van der Waals surface area contributed by atoms with Gasteiger partial charge in [0.05, 0.1) is 28.2 Å². The molecule has 0 saturated carbocycles. The van der Waals surface area contributed by atoms with Gasteiger partial charge in [-0.3, -0.25) is 15.8 Å². The summed E-state index contributed by atoms with van der Waals surface area (Å²) >= 11 is 0. The predicted molar refractivity (Wildman–Crippen MR) is 132 cm³/mol. The van der Waals surface area contributed by atoms with Gasteiger partial charge in [0.1, 0.15) is 5.69 Å². The number of sulfone groups is 1. The number of nitrogens with zero attached hydrogens (tertiary/aromatic N) is 2. The molecule has 9 nitrogen and oxygen atoms in total. The lowest BCUT2D eigenvalue weighted by Gasteiger charge is -2.22. The predicted octanol–water partition coefficient (Wildman–Crippen LogP) is 3.18. The van der Waals surface area contributed by atoms with Crippen LogP contribution in [-0.4, -0.2) is 55.7 Å². The first-order chi connectivity index (χ1) is 16.9. The molecule has 1 aliphatic rings. The summed E-state index contributed by atoms with van der Waals surface area (Å²) in [7, 11) is -1.57. The molecule has 3 aromatic rings. The first-order valence-electron chi connectivity index (χ1n) is 11.2. The third-order valence-electron chi connectivity index (χ3n) is 5.75. The summed E-state index contributed by atoms with van der Waals surface area (Å²) in [5.74, 6) is -0.469. The molecule has 1 saturated heterocycles. The van der Waals surface area contributed by atoms with Crippen molar-refractivity contribution in [2.75, 3.05) is 20.3 Å². The van der Waals surface area contributed by atoms with Crippen LogP contribution < -0.4 is 5.32 Å². The maximum Gasteiger partial charge on any atom is 0.241 e. The van der Waals surface area contributed by atoms with E-state index in [1.807, 2.05) is 19.2 Å². The van der Waals surface area contributed by atoms with Gasteiger partial charge >= 0.3 is 0 Å². The molecule has 0 atom stereocenters. The van der Waals surface area contributed by atoms with Crippen molar-refractivity contribution >= 4 is 21.6 Å². The van der Waals surface area contributed by atoms with Gasteiger partial charge in [-0.1, -0.05) is 24.3 Å². The van der Waals surface area contributed by atoms with Crippen LogP contribution in [-0.2, 0) is 25.9 Å². The Morgan fingerprint density at radius 2 is 1.71 bits per heavy atom. The van der Waals surface area contributed by atoms with Gasteiger partial charge < -0.3 is 14.8 Å². The third kappa shape index (κ3) is 5.79. The highest BCUT2D eigenvalue weighted by molar-refractivity contribution is 7.92. The second kappa shape index (κ2) is 10.9. The van der Waals surface area contributed by atoms with Crippen molar-refractivity contribution < 1.29 is 17.9 Å². The molecule has 1 fully saturated rings. The topological polar surface area (TPSA) is 138 Å². The van der Waals surface area contributed by atoms with Gasteiger partial charge in [-0.15, -0.1) is 0 Å². The summed E-state index contributed by atoms with van der Waals surface area (Å²) in [6, 6.07) is 13.8. The highest BCUT2D eigenvalue weighted by atomic mass is 32.2. The van der Waals surface area contributed by atoms with E-state index >= 15 is 0 Å². The molecule has 2 aromatic carbocycles. The van der Waals surface area contributed by atoms with Crippen molar-refractivity contribution in [2.45, 2.75) is 29.5 Å². The van der Waals surface area contributed by atoms with Gasteiger partial charge in [0.25, 0.3) is 0 Å². The van der Waals surface area contributed by atoms with Crippen LogP contribution in [0.3, 0.4) is 0 Å². The van der Waals surface area contributed by atoms with Gasteiger partial charge in [-0.25, -0.2) is 13.4 Å². The molecule has 3 N–H and O–H groups in total. The zero-order chi connectivity index (χ0) is 24.8. The molecule has 0 amide bonds. The highest BCUT2D eigenvalue weighted by Gasteiger charge is 2.29. The van der Waals surface area contributed by atoms with Crippen LogP contribution >= 0.6 is 0 Å². The van der Waals surface area contributed by atoms with E-state index in [2.05, 4.69) is 15.3 Å². The summed E-state index contributed by atoms with van der Waals surface area (Å²) in [5.41, 5.74) is 2.91. The number of aromatic nitrogens is 2. The fraction of sp³-hybridized carbons (Fsp3) is 0.280. The number of hydrogen-bond donors (Lipinski definition) is 3. The van der Waals surface area contributed by atoms with E-state index in [4.69, 9.17) is 20.3 Å². The summed E-state index contributed by atoms with van der Waals surface area (Å²) in [4.78, 5) is 8.84. The summed E-state index contributed by atoms with van der Waals surface area (Å²) in [6.07, 6.45) is 3.91. The molecule has 35 heavy (non-hydrogen) atoms. The number of nitrogens with one attached hydrogen (secondary N) is 3. The monoisotopic (exact) mass is 493 g/mol. The fourth-order valence-electron chi connectivity index (χ4n) is 3.80. The van der Waals surface area contributed by atoms with Crippen molar-refractivity contribution in [2.24, 2.45) is 0 Å². The molecule has 1 aliphatic heterocycles. The third-order valence-corrected chi connectivity index (χ3v) is 8.03. The smallest absolute Gasteiger partial charge is 0.241 e. The zero-order valence-electron chi connectivity index (χ0n) is 19.3. The van der Waals surface area contributed by atoms with E-state index < -0.39 is 15.1 Å². The van der Waals surface area contributed by atoms with Crippen LogP contribution in [0.15, 0.2) is 65.8 Å². The lowest BCUT2D eigenvalue weighted by Crippen LogP contribution is -2.28. The number of benzene rings is 2. The second-order valence-corrected chi connectivity index (χ2v) is 10.4. The van der Waals surface area contributed by atoms with Crippen LogP contribution in [0.5, 0.6) is 0 Å². The van der Waals surface area contributed by atoms with Gasteiger partial charge in [0.2, 0.25) is 11.8 Å². The van der Waals surface area contributed by atoms with E-state index in [-0.39, 0.29) is 22.4 Å². The Morgan fingerprint density at radius 3 is 2.37 bits per heavy atom. The van der Waals surface area contributed by atoms with Gasteiger partial charge in [0, 0.05) is 30.9 Å². The average Bonchev–Trinajstić information content (AvgIpc) is 2.90. The maximum atomic E-state index is 12.9. The van der Waals surface area contributed by atoms with E-state index in [9.17, 15) is 8.42 Å². The summed E-state index contributed by atoms with van der Waals surface area (Å²) < 4.78 is 36.5. The maximum absolute atomic E-state index is 12.9. The Morgan fingerprint density at radius 1 is 1.03 bits per heavy atom. The van der Waals surface area contributed by atoms with E-state index in [1.54, 1.807) is 36.4 Å². The Hall–Kier alpha value is -3.47. The minimum absolute atomic E-state index is 0.165. The lowest BCUT2D eigenvalue weighted by molar-refractivity contribution is 0.0983. The quantitative estimate of drug-likeness (QED) is 0.339. The molecule has 10 heteroatoms. The number of rotatable bonds is 7. The molecule has 1 aromatic heterocycles. The lowest BCUT2D eigenvalue weighted by atomic mass is 10.1. The number of ether oxygens (including phenoxy) is 2. The van der Waals surface area contributed by atoms with Gasteiger partial charge in [0.15, 0.2) is 9.84 Å². The molecule has 0 unspecified atom stereocenters. The standard InChI is InChI=1S/C25H27N5O4S/c1-28-14-17-2-4-19(5-3-17)24(26)34-25(27)23-16-29-15-22(30-23)18-6-8-20(9-7-18)35(31,32)21-10-12-33-13-11-21/h2-9,15-16,21,26-28H,10-14H2,1H3. The zero-order valence-corrected chi connectivity index (χ0v) is 20.1. The molecular weight excluding hydrogens is 466 g/mol. The summed E-state index contributed by atoms with van der Waals surface area (Å²) in [5, 5.41) is 19.0. The van der Waals surface area contributed by atoms with Crippen LogP contribution in [0.25, 0.3) is 11.3 Å². The summed E-state index contributed by atoms with van der Waals surface area (Å²) in [6.45, 7) is 1.63. The molecule has 0 bridgehead atoms. The molecular formula is C25H27N5O4S. The Labute approximate surface area is 204 Å².